The largest absolute Gasteiger partial charge is 0.493 e. The van der Waals surface area contributed by atoms with Crippen molar-refractivity contribution in [3.63, 3.8) is 0 Å². The summed E-state index contributed by atoms with van der Waals surface area (Å²) < 4.78 is 10.4. The minimum absolute atomic E-state index is 0.367. The first-order valence-electron chi connectivity index (χ1n) is 6.82. The van der Waals surface area contributed by atoms with E-state index >= 15 is 0 Å². The van der Waals surface area contributed by atoms with Crippen molar-refractivity contribution in [2.75, 3.05) is 13.7 Å². The molecular formula is C17H16ClNO4. The second-order valence-corrected chi connectivity index (χ2v) is 5.22. The average Bonchev–Trinajstić information content (AvgIpc) is 2.54. The lowest BCUT2D eigenvalue weighted by molar-refractivity contribution is -0.139. The molecule has 23 heavy (non-hydrogen) atoms. The van der Waals surface area contributed by atoms with Gasteiger partial charge in [-0.2, -0.15) is 0 Å². The third kappa shape index (κ3) is 4.72. The smallest absolute Gasteiger partial charge is 0.341 e. The highest BCUT2D eigenvalue weighted by Gasteiger charge is 2.07. The predicted molar refractivity (Wildman–Crippen MR) is 89.6 cm³/mol. The Morgan fingerprint density at radius 1 is 1.26 bits per heavy atom. The molecule has 0 saturated heterocycles. The van der Waals surface area contributed by atoms with Crippen LogP contribution in [0.4, 0.5) is 5.69 Å². The Kier molecular flexibility index (Phi) is 5.60. The molecule has 5 nitrogen and oxygen atoms in total. The van der Waals surface area contributed by atoms with Crippen molar-refractivity contribution in [1.82, 2.24) is 0 Å². The van der Waals surface area contributed by atoms with Crippen LogP contribution >= 0.6 is 11.6 Å². The SMILES string of the molecule is COc1cc(C=Nc2cc(Cl)ccc2C)ccc1OCC(=O)O. The Hall–Kier alpha value is -2.53. The van der Waals surface area contributed by atoms with Gasteiger partial charge >= 0.3 is 5.97 Å². The second kappa shape index (κ2) is 7.65. The van der Waals surface area contributed by atoms with E-state index in [4.69, 9.17) is 26.2 Å². The van der Waals surface area contributed by atoms with Crippen molar-refractivity contribution in [3.05, 3.63) is 52.5 Å². The fourth-order valence-electron chi connectivity index (χ4n) is 1.89. The average molecular weight is 334 g/mol. The van der Waals surface area contributed by atoms with Crippen LogP contribution in [-0.2, 0) is 4.79 Å². The Balaban J connectivity index is 2.21. The lowest BCUT2D eigenvalue weighted by Gasteiger charge is -2.09. The summed E-state index contributed by atoms with van der Waals surface area (Å²) in [7, 11) is 1.49. The number of ether oxygens (including phenoxy) is 2. The number of methoxy groups -OCH3 is 1. The molecule has 0 heterocycles. The molecule has 0 aliphatic rings. The molecule has 6 heteroatoms. The van der Waals surface area contributed by atoms with Gasteiger partial charge in [-0.1, -0.05) is 17.7 Å². The first-order valence-corrected chi connectivity index (χ1v) is 7.20. The van der Waals surface area contributed by atoms with E-state index in [0.717, 1.165) is 16.8 Å². The number of hydrogen-bond donors (Lipinski definition) is 1. The van der Waals surface area contributed by atoms with Crippen LogP contribution in [0.3, 0.4) is 0 Å². The molecule has 0 unspecified atom stereocenters. The van der Waals surface area contributed by atoms with Crippen LogP contribution in [0.25, 0.3) is 0 Å². The summed E-state index contributed by atoms with van der Waals surface area (Å²) >= 11 is 5.97. The number of carboxylic acids is 1. The molecule has 2 aromatic carbocycles. The topological polar surface area (TPSA) is 68.1 Å². The molecule has 0 spiro atoms. The van der Waals surface area contributed by atoms with Crippen LogP contribution < -0.4 is 9.47 Å². The van der Waals surface area contributed by atoms with E-state index in [9.17, 15) is 4.79 Å². The van der Waals surface area contributed by atoms with Crippen molar-refractivity contribution >= 4 is 29.5 Å². The zero-order valence-electron chi connectivity index (χ0n) is 12.7. The number of nitrogens with zero attached hydrogens (tertiary/aromatic N) is 1. The number of aliphatic imine (C=N–C) groups is 1. The van der Waals surface area contributed by atoms with E-state index in [0.29, 0.717) is 16.5 Å². The zero-order valence-corrected chi connectivity index (χ0v) is 13.5. The molecule has 2 rings (SSSR count). The Labute approximate surface area is 139 Å². The van der Waals surface area contributed by atoms with Gasteiger partial charge in [0.2, 0.25) is 0 Å². The van der Waals surface area contributed by atoms with Gasteiger partial charge in [0, 0.05) is 11.2 Å². The first kappa shape index (κ1) is 16.8. The van der Waals surface area contributed by atoms with Crippen LogP contribution in [0.15, 0.2) is 41.4 Å². The maximum absolute atomic E-state index is 10.6. The number of aliphatic carboxylic acids is 1. The number of benzene rings is 2. The quantitative estimate of drug-likeness (QED) is 0.815. The molecule has 0 aliphatic carbocycles. The highest BCUT2D eigenvalue weighted by Crippen LogP contribution is 2.28. The van der Waals surface area contributed by atoms with Gasteiger partial charge < -0.3 is 14.6 Å². The van der Waals surface area contributed by atoms with E-state index in [1.807, 2.05) is 19.1 Å². The second-order valence-electron chi connectivity index (χ2n) is 4.78. The van der Waals surface area contributed by atoms with Gasteiger partial charge in [-0.15, -0.1) is 0 Å². The Morgan fingerprint density at radius 2 is 2.04 bits per heavy atom. The van der Waals surface area contributed by atoms with Crippen molar-refractivity contribution in [1.29, 1.82) is 0 Å². The van der Waals surface area contributed by atoms with Crippen molar-refractivity contribution in [3.8, 4) is 11.5 Å². The van der Waals surface area contributed by atoms with Crippen LogP contribution in [0.1, 0.15) is 11.1 Å². The predicted octanol–water partition coefficient (Wildman–Crippen LogP) is 3.87. The fourth-order valence-corrected chi connectivity index (χ4v) is 2.06. The summed E-state index contributed by atoms with van der Waals surface area (Å²) in [5.74, 6) is -0.238. The van der Waals surface area contributed by atoms with E-state index in [-0.39, 0.29) is 0 Å². The highest BCUT2D eigenvalue weighted by atomic mass is 35.5. The number of aryl methyl sites for hydroxylation is 1. The maximum atomic E-state index is 10.6. The van der Waals surface area contributed by atoms with Gasteiger partial charge in [0.05, 0.1) is 12.8 Å². The summed E-state index contributed by atoms with van der Waals surface area (Å²) in [5, 5.41) is 9.28. The first-order chi connectivity index (χ1) is 11.0. The van der Waals surface area contributed by atoms with E-state index in [1.165, 1.54) is 7.11 Å². The zero-order chi connectivity index (χ0) is 16.8. The van der Waals surface area contributed by atoms with Crippen LogP contribution in [-0.4, -0.2) is 31.0 Å². The van der Waals surface area contributed by atoms with Crippen LogP contribution in [0.2, 0.25) is 5.02 Å². The molecule has 0 aromatic heterocycles. The van der Waals surface area contributed by atoms with Crippen molar-refractivity contribution < 1.29 is 19.4 Å². The van der Waals surface area contributed by atoms with Gasteiger partial charge in [0.1, 0.15) is 0 Å². The lowest BCUT2D eigenvalue weighted by Crippen LogP contribution is -2.10. The van der Waals surface area contributed by atoms with Gasteiger partial charge in [0.25, 0.3) is 0 Å². The van der Waals surface area contributed by atoms with Gasteiger partial charge in [-0.3, -0.25) is 4.99 Å². The molecule has 0 atom stereocenters. The number of carboxylic acid groups (broad SMARTS) is 1. The molecule has 1 N–H and O–H groups in total. The monoisotopic (exact) mass is 333 g/mol. The molecule has 0 fully saturated rings. The maximum Gasteiger partial charge on any atom is 0.341 e. The molecule has 0 bridgehead atoms. The van der Waals surface area contributed by atoms with Crippen LogP contribution in [0, 0.1) is 6.92 Å². The number of rotatable bonds is 6. The minimum atomic E-state index is -1.05. The molecule has 0 amide bonds. The van der Waals surface area contributed by atoms with Crippen LogP contribution in [0.5, 0.6) is 11.5 Å². The minimum Gasteiger partial charge on any atom is -0.493 e. The summed E-state index contributed by atoms with van der Waals surface area (Å²) in [5.41, 5.74) is 2.59. The third-order valence-electron chi connectivity index (χ3n) is 3.06. The summed E-state index contributed by atoms with van der Waals surface area (Å²) in [6.07, 6.45) is 1.68. The highest BCUT2D eigenvalue weighted by molar-refractivity contribution is 6.30. The summed E-state index contributed by atoms with van der Waals surface area (Å²) in [6.45, 7) is 1.53. The Bertz CT molecular complexity index is 743. The number of halogens is 1. The molecule has 2 aromatic rings. The lowest BCUT2D eigenvalue weighted by atomic mass is 10.2. The standard InChI is InChI=1S/C17H16ClNO4/c1-11-3-5-13(18)8-14(11)19-9-12-4-6-15(16(7-12)22-2)23-10-17(20)21/h3-9H,10H2,1-2H3,(H,20,21). The van der Waals surface area contributed by atoms with Gasteiger partial charge in [0.15, 0.2) is 18.1 Å². The third-order valence-corrected chi connectivity index (χ3v) is 3.30. The molecular weight excluding hydrogens is 318 g/mol. The molecule has 0 saturated carbocycles. The van der Waals surface area contributed by atoms with E-state index in [1.54, 1.807) is 30.5 Å². The van der Waals surface area contributed by atoms with E-state index < -0.39 is 12.6 Å². The normalized spacial score (nSPS) is 10.7. The fraction of sp³-hybridized carbons (Fsp3) is 0.176. The van der Waals surface area contributed by atoms with E-state index in [2.05, 4.69) is 4.99 Å². The van der Waals surface area contributed by atoms with Gasteiger partial charge in [-0.05, 0) is 48.4 Å². The molecule has 120 valence electrons. The summed E-state index contributed by atoms with van der Waals surface area (Å²) in [6, 6.07) is 10.6. The number of carbonyl (C=O) groups is 1. The molecule has 0 radical (unpaired) electrons. The van der Waals surface area contributed by atoms with Crippen molar-refractivity contribution in [2.45, 2.75) is 6.92 Å². The van der Waals surface area contributed by atoms with Crippen molar-refractivity contribution in [2.24, 2.45) is 4.99 Å². The van der Waals surface area contributed by atoms with Gasteiger partial charge in [-0.25, -0.2) is 4.79 Å². The summed E-state index contributed by atoms with van der Waals surface area (Å²) in [4.78, 5) is 15.0. The number of hydrogen-bond acceptors (Lipinski definition) is 4. The Morgan fingerprint density at radius 3 is 2.74 bits per heavy atom. The molecule has 0 aliphatic heterocycles.